The molecule has 2 N–H and O–H groups in total. The van der Waals surface area contributed by atoms with Crippen LogP contribution in [0.4, 0.5) is 0 Å². The number of nitrogens with zero attached hydrogens (tertiary/aromatic N) is 2. The summed E-state index contributed by atoms with van der Waals surface area (Å²) in [7, 11) is 1.81. The van der Waals surface area contributed by atoms with Gasteiger partial charge in [0.2, 0.25) is 0 Å². The zero-order valence-corrected chi connectivity index (χ0v) is 19.5. The molecule has 1 fully saturated rings. The van der Waals surface area contributed by atoms with E-state index in [4.69, 9.17) is 14.2 Å². The fraction of sp³-hybridized carbons (Fsp3) is 0.696. The highest BCUT2D eigenvalue weighted by Crippen LogP contribution is 2.30. The number of nitrogens with one attached hydrogen (secondary N) is 2. The molecule has 7 nitrogen and oxygen atoms in total. The molecule has 2 rings (SSSR count). The largest absolute Gasteiger partial charge is 0.490 e. The Morgan fingerprint density at radius 3 is 2.37 bits per heavy atom. The second-order valence-electron chi connectivity index (χ2n) is 7.85. The standard InChI is InChI=1S/C23H40N4O3/c1-7-29-21-10-9-19(15-22(21)30-8-2)18(5)26-23(24-6)25-16-20(17(3)4)27-11-13-28-14-12-27/h9-10,15,17-18,20H,7-8,11-14,16H2,1-6H3,(H2,24,25,26). The molecule has 1 aliphatic rings. The van der Waals surface area contributed by atoms with E-state index < -0.39 is 0 Å². The lowest BCUT2D eigenvalue weighted by molar-refractivity contribution is 0.00751. The summed E-state index contributed by atoms with van der Waals surface area (Å²) >= 11 is 0. The first-order valence-corrected chi connectivity index (χ1v) is 11.2. The van der Waals surface area contributed by atoms with Crippen LogP contribution in [0, 0.1) is 5.92 Å². The maximum Gasteiger partial charge on any atom is 0.191 e. The Kier molecular flexibility index (Phi) is 10.2. The van der Waals surface area contributed by atoms with Crippen LogP contribution in [0.5, 0.6) is 11.5 Å². The molecule has 1 aliphatic heterocycles. The minimum atomic E-state index is 0.0759. The zero-order chi connectivity index (χ0) is 21.9. The molecule has 1 heterocycles. The first-order chi connectivity index (χ1) is 14.5. The Morgan fingerprint density at radius 2 is 1.77 bits per heavy atom. The zero-order valence-electron chi connectivity index (χ0n) is 19.5. The lowest BCUT2D eigenvalue weighted by atomic mass is 10.0. The number of morpholine rings is 1. The SMILES string of the molecule is CCOc1ccc(C(C)NC(=NC)NCC(C(C)C)N2CCOCC2)cc1OCC. The van der Waals surface area contributed by atoms with Crippen LogP contribution < -0.4 is 20.1 Å². The molecule has 2 unspecified atom stereocenters. The van der Waals surface area contributed by atoms with Gasteiger partial charge in [-0.3, -0.25) is 9.89 Å². The van der Waals surface area contributed by atoms with Crippen LogP contribution in [0.2, 0.25) is 0 Å². The van der Waals surface area contributed by atoms with Gasteiger partial charge in [-0.15, -0.1) is 0 Å². The van der Waals surface area contributed by atoms with Crippen LogP contribution >= 0.6 is 0 Å². The van der Waals surface area contributed by atoms with Crippen LogP contribution in [-0.4, -0.2) is 70.0 Å². The summed E-state index contributed by atoms with van der Waals surface area (Å²) in [5.74, 6) is 2.91. The predicted molar refractivity (Wildman–Crippen MR) is 123 cm³/mol. The Labute approximate surface area is 182 Å². The van der Waals surface area contributed by atoms with Gasteiger partial charge in [0.05, 0.1) is 32.5 Å². The van der Waals surface area contributed by atoms with E-state index in [2.05, 4.69) is 47.4 Å². The van der Waals surface area contributed by atoms with Gasteiger partial charge in [0.1, 0.15) is 0 Å². The summed E-state index contributed by atoms with van der Waals surface area (Å²) in [4.78, 5) is 6.94. The molecule has 30 heavy (non-hydrogen) atoms. The number of hydrogen-bond donors (Lipinski definition) is 2. The Hall–Kier alpha value is -1.99. The van der Waals surface area contributed by atoms with Gasteiger partial charge in [-0.1, -0.05) is 19.9 Å². The van der Waals surface area contributed by atoms with Gasteiger partial charge in [0.15, 0.2) is 17.5 Å². The Balaban J connectivity index is 1.99. The molecule has 0 radical (unpaired) electrons. The smallest absolute Gasteiger partial charge is 0.191 e. The van der Waals surface area contributed by atoms with Crippen molar-refractivity contribution in [3.8, 4) is 11.5 Å². The number of aliphatic imine (C=N–C) groups is 1. The van der Waals surface area contributed by atoms with E-state index in [1.165, 1.54) is 0 Å². The van der Waals surface area contributed by atoms with Crippen LogP contribution in [0.1, 0.15) is 46.2 Å². The van der Waals surface area contributed by atoms with E-state index >= 15 is 0 Å². The van der Waals surface area contributed by atoms with Crippen LogP contribution in [-0.2, 0) is 4.74 Å². The molecule has 2 atom stereocenters. The predicted octanol–water partition coefficient (Wildman–Crippen LogP) is 3.07. The normalized spacial score (nSPS) is 17.5. The minimum Gasteiger partial charge on any atom is -0.490 e. The number of ether oxygens (including phenoxy) is 3. The van der Waals surface area contributed by atoms with Crippen molar-refractivity contribution in [3.05, 3.63) is 23.8 Å². The summed E-state index contributed by atoms with van der Waals surface area (Å²) in [6.45, 7) is 16.3. The van der Waals surface area contributed by atoms with Crippen molar-refractivity contribution in [1.29, 1.82) is 0 Å². The van der Waals surface area contributed by atoms with Crippen molar-refractivity contribution in [2.75, 3.05) is 53.1 Å². The average Bonchev–Trinajstić information content (AvgIpc) is 2.75. The van der Waals surface area contributed by atoms with Gasteiger partial charge in [0, 0.05) is 32.7 Å². The number of hydrogen-bond acceptors (Lipinski definition) is 5. The molecular formula is C23H40N4O3. The number of benzene rings is 1. The topological polar surface area (TPSA) is 67.4 Å². The second kappa shape index (κ2) is 12.6. The van der Waals surface area contributed by atoms with Crippen molar-refractivity contribution >= 4 is 5.96 Å². The summed E-state index contributed by atoms with van der Waals surface area (Å²) < 4.78 is 17.0. The van der Waals surface area contributed by atoms with Gasteiger partial charge in [0.25, 0.3) is 0 Å². The average molecular weight is 421 g/mol. The molecule has 0 amide bonds. The molecule has 0 aliphatic carbocycles. The highest BCUT2D eigenvalue weighted by Gasteiger charge is 2.24. The monoisotopic (exact) mass is 420 g/mol. The summed E-state index contributed by atoms with van der Waals surface area (Å²) in [5.41, 5.74) is 1.12. The molecule has 0 aromatic heterocycles. The van der Waals surface area contributed by atoms with E-state index in [1.54, 1.807) is 0 Å². The molecule has 1 saturated heterocycles. The van der Waals surface area contributed by atoms with Crippen molar-refractivity contribution < 1.29 is 14.2 Å². The van der Waals surface area contributed by atoms with Gasteiger partial charge in [-0.05, 0) is 44.4 Å². The lowest BCUT2D eigenvalue weighted by Gasteiger charge is -2.37. The van der Waals surface area contributed by atoms with E-state index in [1.807, 2.05) is 33.0 Å². The number of guanidine groups is 1. The second-order valence-corrected chi connectivity index (χ2v) is 7.85. The highest BCUT2D eigenvalue weighted by atomic mass is 16.5. The van der Waals surface area contributed by atoms with Crippen molar-refractivity contribution in [1.82, 2.24) is 15.5 Å². The van der Waals surface area contributed by atoms with Crippen molar-refractivity contribution in [2.24, 2.45) is 10.9 Å². The maximum atomic E-state index is 5.77. The third kappa shape index (κ3) is 7.06. The molecule has 7 heteroatoms. The van der Waals surface area contributed by atoms with E-state index in [0.29, 0.717) is 25.2 Å². The lowest BCUT2D eigenvalue weighted by Crippen LogP contribution is -2.52. The fourth-order valence-corrected chi connectivity index (χ4v) is 3.72. The van der Waals surface area contributed by atoms with Gasteiger partial charge in [-0.2, -0.15) is 0 Å². The van der Waals surface area contributed by atoms with Gasteiger partial charge < -0.3 is 24.8 Å². The summed E-state index contributed by atoms with van der Waals surface area (Å²) in [6.07, 6.45) is 0. The molecular weight excluding hydrogens is 380 g/mol. The molecule has 170 valence electrons. The first-order valence-electron chi connectivity index (χ1n) is 11.2. The van der Waals surface area contributed by atoms with Crippen molar-refractivity contribution in [2.45, 2.75) is 46.7 Å². The minimum absolute atomic E-state index is 0.0759. The maximum absolute atomic E-state index is 5.77. The third-order valence-corrected chi connectivity index (χ3v) is 5.41. The van der Waals surface area contributed by atoms with Gasteiger partial charge >= 0.3 is 0 Å². The summed E-state index contributed by atoms with van der Waals surface area (Å²) in [6, 6.07) is 6.61. The molecule has 1 aromatic carbocycles. The summed E-state index contributed by atoms with van der Waals surface area (Å²) in [5, 5.41) is 7.02. The molecule has 0 saturated carbocycles. The Bertz CT molecular complexity index is 660. The van der Waals surface area contributed by atoms with Crippen LogP contribution in [0.25, 0.3) is 0 Å². The third-order valence-electron chi connectivity index (χ3n) is 5.41. The van der Waals surface area contributed by atoms with Gasteiger partial charge in [-0.25, -0.2) is 0 Å². The fourth-order valence-electron chi connectivity index (χ4n) is 3.72. The molecule has 0 bridgehead atoms. The van der Waals surface area contributed by atoms with E-state index in [-0.39, 0.29) is 6.04 Å². The quantitative estimate of drug-likeness (QED) is 0.448. The highest BCUT2D eigenvalue weighted by molar-refractivity contribution is 5.80. The van der Waals surface area contributed by atoms with E-state index in [0.717, 1.165) is 55.9 Å². The first kappa shape index (κ1) is 24.3. The molecule has 0 spiro atoms. The van der Waals surface area contributed by atoms with E-state index in [9.17, 15) is 0 Å². The van der Waals surface area contributed by atoms with Crippen LogP contribution in [0.15, 0.2) is 23.2 Å². The van der Waals surface area contributed by atoms with Crippen LogP contribution in [0.3, 0.4) is 0 Å². The number of rotatable bonds is 10. The van der Waals surface area contributed by atoms with Crippen molar-refractivity contribution in [3.63, 3.8) is 0 Å². The molecule has 1 aromatic rings. The Morgan fingerprint density at radius 1 is 1.10 bits per heavy atom.